The molecule has 3 fully saturated rings. The van der Waals surface area contributed by atoms with Crippen molar-refractivity contribution in [3.8, 4) is 0 Å². The summed E-state index contributed by atoms with van der Waals surface area (Å²) in [4.78, 5) is 11.8. The van der Waals surface area contributed by atoms with E-state index in [2.05, 4.69) is 13.8 Å². The largest absolute Gasteiger partial charge is 0.393 e. The van der Waals surface area contributed by atoms with Crippen LogP contribution in [0.2, 0.25) is 0 Å². The molecule has 0 aromatic rings. The fraction of sp³-hybridized carbons (Fsp3) is 0.842. The van der Waals surface area contributed by atoms with Crippen LogP contribution in [0.15, 0.2) is 11.6 Å². The number of carbonyl (C=O) groups excluding carboxylic acids is 1. The summed E-state index contributed by atoms with van der Waals surface area (Å²) in [5.41, 5.74) is 1.20. The Labute approximate surface area is 132 Å². The lowest BCUT2D eigenvalue weighted by Crippen LogP contribution is -2.54. The Kier molecular flexibility index (Phi) is 3.16. The van der Waals surface area contributed by atoms with E-state index >= 15 is 0 Å². The van der Waals surface area contributed by atoms with Crippen molar-refractivity contribution in [2.24, 2.45) is 28.6 Å². The molecule has 3 nitrogen and oxygen atoms in total. The highest BCUT2D eigenvalue weighted by atomic mass is 16.3. The van der Waals surface area contributed by atoms with Gasteiger partial charge in [-0.15, -0.1) is 0 Å². The van der Waals surface area contributed by atoms with Gasteiger partial charge in [0.1, 0.15) is 0 Å². The van der Waals surface area contributed by atoms with Gasteiger partial charge in [0.2, 0.25) is 0 Å². The predicted molar refractivity (Wildman–Crippen MR) is 84.1 cm³/mol. The maximum atomic E-state index is 11.8. The normalized spacial score (nSPS) is 54.3. The molecule has 3 saturated carbocycles. The number of aliphatic hydroxyl groups is 2. The highest BCUT2D eigenvalue weighted by Crippen LogP contribution is 2.65. The minimum atomic E-state index is -0.495. The van der Waals surface area contributed by atoms with Crippen LogP contribution < -0.4 is 0 Å². The van der Waals surface area contributed by atoms with Gasteiger partial charge in [0, 0.05) is 6.42 Å². The van der Waals surface area contributed by atoms with Gasteiger partial charge in [-0.2, -0.15) is 0 Å². The van der Waals surface area contributed by atoms with Gasteiger partial charge < -0.3 is 10.2 Å². The SMILES string of the molecule is C[C@]12CC[C@@H]3[C@H](C[C@H](O)C4=CC(=O)CC[C@@]43C)[C@H]1[C@@H](O)CC2. The van der Waals surface area contributed by atoms with Gasteiger partial charge in [-0.25, -0.2) is 0 Å². The molecule has 3 heteroatoms. The van der Waals surface area contributed by atoms with Gasteiger partial charge in [-0.1, -0.05) is 13.8 Å². The third-order valence-corrected chi connectivity index (χ3v) is 7.77. The third-order valence-electron chi connectivity index (χ3n) is 7.77. The van der Waals surface area contributed by atoms with Crippen LogP contribution in [0, 0.1) is 28.6 Å². The number of fused-ring (bicyclic) bond motifs is 5. The molecular formula is C19H28O3. The van der Waals surface area contributed by atoms with Crippen molar-refractivity contribution in [1.82, 2.24) is 0 Å². The maximum Gasteiger partial charge on any atom is 0.155 e. The van der Waals surface area contributed by atoms with Gasteiger partial charge in [0.15, 0.2) is 5.78 Å². The topological polar surface area (TPSA) is 57.5 Å². The van der Waals surface area contributed by atoms with Gasteiger partial charge in [-0.05, 0) is 78.8 Å². The van der Waals surface area contributed by atoms with E-state index in [1.54, 1.807) is 6.08 Å². The zero-order valence-corrected chi connectivity index (χ0v) is 13.7. The maximum absolute atomic E-state index is 11.8. The monoisotopic (exact) mass is 304 g/mol. The van der Waals surface area contributed by atoms with Crippen LogP contribution in [0.4, 0.5) is 0 Å². The number of aliphatic hydroxyl groups excluding tert-OH is 2. The van der Waals surface area contributed by atoms with E-state index in [4.69, 9.17) is 0 Å². The van der Waals surface area contributed by atoms with E-state index in [0.29, 0.717) is 24.2 Å². The first kappa shape index (κ1) is 14.9. The summed E-state index contributed by atoms with van der Waals surface area (Å²) in [6, 6.07) is 0. The Balaban J connectivity index is 1.75. The van der Waals surface area contributed by atoms with E-state index in [0.717, 1.165) is 31.3 Å². The van der Waals surface area contributed by atoms with Crippen LogP contribution in [0.3, 0.4) is 0 Å². The van der Waals surface area contributed by atoms with Crippen molar-refractivity contribution in [2.75, 3.05) is 0 Å². The van der Waals surface area contributed by atoms with E-state index in [1.165, 1.54) is 12.8 Å². The molecule has 0 amide bonds. The van der Waals surface area contributed by atoms with Crippen molar-refractivity contribution >= 4 is 5.78 Å². The van der Waals surface area contributed by atoms with Gasteiger partial charge in [0.05, 0.1) is 12.2 Å². The van der Waals surface area contributed by atoms with Gasteiger partial charge in [-0.3, -0.25) is 4.79 Å². The van der Waals surface area contributed by atoms with E-state index < -0.39 is 6.10 Å². The van der Waals surface area contributed by atoms with E-state index in [-0.39, 0.29) is 22.7 Å². The molecular weight excluding hydrogens is 276 g/mol. The Hall–Kier alpha value is -0.670. The molecule has 122 valence electrons. The first-order chi connectivity index (χ1) is 10.3. The Bertz CT molecular complexity index is 539. The molecule has 0 bridgehead atoms. The number of hydrogen-bond donors (Lipinski definition) is 2. The lowest BCUT2D eigenvalue weighted by atomic mass is 9.47. The molecule has 7 atom stereocenters. The fourth-order valence-corrected chi connectivity index (χ4v) is 6.63. The summed E-state index contributed by atoms with van der Waals surface area (Å²) in [6.45, 7) is 4.60. The van der Waals surface area contributed by atoms with E-state index in [9.17, 15) is 15.0 Å². The summed E-state index contributed by atoms with van der Waals surface area (Å²) in [5, 5.41) is 21.3. The average Bonchev–Trinajstić information content (AvgIpc) is 2.77. The van der Waals surface area contributed by atoms with Crippen LogP contribution in [-0.4, -0.2) is 28.2 Å². The van der Waals surface area contributed by atoms with Crippen LogP contribution in [0.5, 0.6) is 0 Å². The molecule has 0 unspecified atom stereocenters. The molecule has 0 heterocycles. The second-order valence-corrected chi connectivity index (χ2v) is 8.83. The average molecular weight is 304 g/mol. The standard InChI is InChI=1S/C19H28O3/c1-18-6-4-13-12(17(18)15(21)5-7-18)10-16(22)14-9-11(20)3-8-19(13,14)2/h9,12-13,15-17,21-22H,3-8,10H2,1-2H3/t12-,13+,15-,16-,17-,18+,19+/m0/s1. The highest BCUT2D eigenvalue weighted by molar-refractivity contribution is 5.91. The first-order valence-electron chi connectivity index (χ1n) is 8.96. The van der Waals surface area contributed by atoms with Crippen molar-refractivity contribution in [3.63, 3.8) is 0 Å². The molecule has 0 spiro atoms. The second-order valence-electron chi connectivity index (χ2n) is 8.83. The Morgan fingerprint density at radius 1 is 1.14 bits per heavy atom. The Morgan fingerprint density at radius 2 is 1.86 bits per heavy atom. The molecule has 4 aliphatic carbocycles. The lowest BCUT2D eigenvalue weighted by molar-refractivity contribution is -0.121. The molecule has 22 heavy (non-hydrogen) atoms. The minimum absolute atomic E-state index is 0.0418. The number of hydrogen-bond acceptors (Lipinski definition) is 3. The zero-order chi connectivity index (χ0) is 15.7. The number of rotatable bonds is 0. The van der Waals surface area contributed by atoms with Crippen LogP contribution in [0.25, 0.3) is 0 Å². The zero-order valence-electron chi connectivity index (χ0n) is 13.7. The molecule has 4 aliphatic rings. The molecule has 4 rings (SSSR count). The van der Waals surface area contributed by atoms with Gasteiger partial charge >= 0.3 is 0 Å². The summed E-state index contributed by atoms with van der Waals surface area (Å²) in [6.07, 6.45) is 7.65. The summed E-state index contributed by atoms with van der Waals surface area (Å²) in [7, 11) is 0. The molecule has 0 aromatic heterocycles. The molecule has 0 aromatic carbocycles. The Morgan fingerprint density at radius 3 is 2.64 bits per heavy atom. The van der Waals surface area contributed by atoms with Crippen molar-refractivity contribution in [3.05, 3.63) is 11.6 Å². The van der Waals surface area contributed by atoms with Crippen molar-refractivity contribution in [2.45, 2.75) is 71.0 Å². The third kappa shape index (κ3) is 1.85. The van der Waals surface area contributed by atoms with Crippen LogP contribution in [0.1, 0.15) is 58.8 Å². The van der Waals surface area contributed by atoms with Crippen molar-refractivity contribution < 1.29 is 15.0 Å². The lowest BCUT2D eigenvalue weighted by Gasteiger charge is -2.58. The fourth-order valence-electron chi connectivity index (χ4n) is 6.63. The molecule has 0 radical (unpaired) electrons. The summed E-state index contributed by atoms with van der Waals surface area (Å²) >= 11 is 0. The minimum Gasteiger partial charge on any atom is -0.393 e. The van der Waals surface area contributed by atoms with E-state index in [1.807, 2.05) is 0 Å². The quantitative estimate of drug-likeness (QED) is 0.723. The summed E-state index contributed by atoms with van der Waals surface area (Å²) in [5.74, 6) is 1.42. The predicted octanol–water partition coefficient (Wildman–Crippen LogP) is 2.85. The molecule has 2 N–H and O–H groups in total. The van der Waals surface area contributed by atoms with Crippen LogP contribution in [-0.2, 0) is 4.79 Å². The second kappa shape index (κ2) is 4.67. The van der Waals surface area contributed by atoms with Gasteiger partial charge in [0.25, 0.3) is 0 Å². The van der Waals surface area contributed by atoms with Crippen LogP contribution >= 0.6 is 0 Å². The smallest absolute Gasteiger partial charge is 0.155 e. The molecule has 0 aliphatic heterocycles. The number of ketones is 1. The number of carbonyl (C=O) groups is 1. The summed E-state index contributed by atoms with van der Waals surface area (Å²) < 4.78 is 0. The highest BCUT2D eigenvalue weighted by Gasteiger charge is 2.60. The van der Waals surface area contributed by atoms with Crippen molar-refractivity contribution in [1.29, 1.82) is 0 Å². The molecule has 0 saturated heterocycles. The first-order valence-corrected chi connectivity index (χ1v) is 8.96.